The quantitative estimate of drug-likeness (QED) is 0.792. The summed E-state index contributed by atoms with van der Waals surface area (Å²) in [4.78, 5) is 11.5. The molecule has 1 unspecified atom stereocenters. The van der Waals surface area contributed by atoms with Gasteiger partial charge in [0, 0.05) is 0 Å². The Morgan fingerprint density at radius 3 is 2.93 bits per heavy atom. The maximum Gasteiger partial charge on any atom is 0.255 e. The van der Waals surface area contributed by atoms with Gasteiger partial charge in [-0.05, 0) is 19.4 Å². The van der Waals surface area contributed by atoms with Crippen LogP contribution in [0.15, 0.2) is 23.0 Å². The van der Waals surface area contributed by atoms with Crippen molar-refractivity contribution in [1.29, 1.82) is 5.26 Å². The molecule has 4 heteroatoms. The van der Waals surface area contributed by atoms with Crippen LogP contribution in [-0.4, -0.2) is 11.4 Å². The number of carbonyl (C=O) groups is 1. The Bertz CT molecular complexity index is 351. The number of nitrogens with zero attached hydrogens (tertiary/aromatic N) is 1. The minimum atomic E-state index is -0.811. The third kappa shape index (κ3) is 2.13. The lowest BCUT2D eigenvalue weighted by atomic mass is 10.0. The van der Waals surface area contributed by atoms with Crippen LogP contribution in [0.3, 0.4) is 0 Å². The molecule has 1 rings (SSSR count). The van der Waals surface area contributed by atoms with Crippen LogP contribution in [-0.2, 0) is 0 Å². The topological polar surface area (TPSA) is 66.0 Å². The summed E-state index contributed by atoms with van der Waals surface area (Å²) < 4.78 is 4.77. The van der Waals surface area contributed by atoms with Crippen LogP contribution in [0.2, 0.25) is 0 Å². The first-order valence-corrected chi connectivity index (χ1v) is 4.37. The van der Waals surface area contributed by atoms with Crippen molar-refractivity contribution in [2.24, 2.45) is 0 Å². The normalized spacial score (nSPS) is 14.1. The predicted octanol–water partition coefficient (Wildman–Crippen LogP) is 1.70. The second kappa shape index (κ2) is 3.97. The minimum absolute atomic E-state index is 0.287. The molecule has 1 heterocycles. The van der Waals surface area contributed by atoms with Crippen LogP contribution in [0.25, 0.3) is 0 Å². The van der Waals surface area contributed by atoms with Crippen molar-refractivity contribution in [2.75, 3.05) is 0 Å². The first-order chi connectivity index (χ1) is 6.61. The Labute approximate surface area is 82.5 Å². The molecule has 0 aromatic carbocycles. The van der Waals surface area contributed by atoms with Crippen molar-refractivity contribution in [3.8, 4) is 6.07 Å². The van der Waals surface area contributed by atoms with E-state index in [9.17, 15) is 4.79 Å². The molecule has 14 heavy (non-hydrogen) atoms. The highest BCUT2D eigenvalue weighted by atomic mass is 16.3. The zero-order valence-electron chi connectivity index (χ0n) is 8.20. The van der Waals surface area contributed by atoms with Crippen molar-refractivity contribution in [1.82, 2.24) is 5.32 Å². The molecule has 1 aromatic rings. The highest BCUT2D eigenvalue weighted by molar-refractivity contribution is 5.94. The molecule has 0 spiro atoms. The maximum atomic E-state index is 11.5. The van der Waals surface area contributed by atoms with E-state index in [4.69, 9.17) is 9.68 Å². The van der Waals surface area contributed by atoms with Gasteiger partial charge in [0.05, 0.1) is 17.9 Å². The Kier molecular flexibility index (Phi) is 2.92. The molecule has 0 radical (unpaired) electrons. The lowest BCUT2D eigenvalue weighted by molar-refractivity contribution is 0.0922. The van der Waals surface area contributed by atoms with Gasteiger partial charge in [0.15, 0.2) is 0 Å². The lowest BCUT2D eigenvalue weighted by Crippen LogP contribution is -2.44. The molecule has 0 aliphatic heterocycles. The van der Waals surface area contributed by atoms with E-state index in [2.05, 4.69) is 11.4 Å². The van der Waals surface area contributed by atoms with E-state index in [-0.39, 0.29) is 5.91 Å². The first kappa shape index (κ1) is 10.3. The molecule has 0 aliphatic rings. The van der Waals surface area contributed by atoms with Crippen LogP contribution in [0.4, 0.5) is 0 Å². The van der Waals surface area contributed by atoms with Crippen LogP contribution in [0, 0.1) is 11.3 Å². The molecular formula is C10H12N2O2. The molecule has 1 atom stereocenters. The third-order valence-electron chi connectivity index (χ3n) is 2.13. The average molecular weight is 192 g/mol. The predicted molar refractivity (Wildman–Crippen MR) is 50.5 cm³/mol. The Morgan fingerprint density at radius 1 is 1.79 bits per heavy atom. The van der Waals surface area contributed by atoms with E-state index in [1.54, 1.807) is 13.0 Å². The number of furan rings is 1. The SMILES string of the molecule is CCC(C)(C#N)NC(=O)c1ccoc1. The van der Waals surface area contributed by atoms with Gasteiger partial charge in [-0.1, -0.05) is 6.92 Å². The Hall–Kier alpha value is -1.76. The molecule has 0 saturated carbocycles. The zero-order chi connectivity index (χ0) is 10.6. The molecule has 0 bridgehead atoms. The number of rotatable bonds is 3. The molecule has 74 valence electrons. The standard InChI is InChI=1S/C10H12N2O2/c1-3-10(2,7-11)12-9(13)8-4-5-14-6-8/h4-6H,3H2,1-2H3,(H,12,13). The van der Waals surface area contributed by atoms with E-state index >= 15 is 0 Å². The van der Waals surface area contributed by atoms with Gasteiger partial charge in [-0.2, -0.15) is 5.26 Å². The number of amides is 1. The molecule has 4 nitrogen and oxygen atoms in total. The van der Waals surface area contributed by atoms with E-state index in [1.807, 2.05) is 6.92 Å². The number of nitriles is 1. The largest absolute Gasteiger partial charge is 0.472 e. The second-order valence-electron chi connectivity index (χ2n) is 3.26. The summed E-state index contributed by atoms with van der Waals surface area (Å²) in [6, 6.07) is 3.62. The van der Waals surface area contributed by atoms with Gasteiger partial charge >= 0.3 is 0 Å². The average Bonchev–Trinajstić information content (AvgIpc) is 2.70. The highest BCUT2D eigenvalue weighted by Crippen LogP contribution is 2.09. The van der Waals surface area contributed by atoms with Gasteiger partial charge in [-0.3, -0.25) is 4.79 Å². The molecule has 0 fully saturated rings. The summed E-state index contributed by atoms with van der Waals surface area (Å²) in [7, 11) is 0. The fraction of sp³-hybridized carbons (Fsp3) is 0.400. The van der Waals surface area contributed by atoms with Crippen molar-refractivity contribution in [3.05, 3.63) is 24.2 Å². The molecule has 1 aromatic heterocycles. The van der Waals surface area contributed by atoms with E-state index in [0.717, 1.165) is 0 Å². The third-order valence-corrected chi connectivity index (χ3v) is 2.13. The van der Waals surface area contributed by atoms with Crippen molar-refractivity contribution in [2.45, 2.75) is 25.8 Å². The van der Waals surface area contributed by atoms with Crippen molar-refractivity contribution >= 4 is 5.91 Å². The van der Waals surface area contributed by atoms with Crippen LogP contribution in [0.1, 0.15) is 30.6 Å². The fourth-order valence-electron chi connectivity index (χ4n) is 0.912. The molecule has 1 amide bonds. The number of carbonyl (C=O) groups excluding carboxylic acids is 1. The molecular weight excluding hydrogens is 180 g/mol. The Morgan fingerprint density at radius 2 is 2.50 bits per heavy atom. The second-order valence-corrected chi connectivity index (χ2v) is 3.26. The van der Waals surface area contributed by atoms with Crippen LogP contribution >= 0.6 is 0 Å². The van der Waals surface area contributed by atoms with Crippen LogP contribution in [0.5, 0.6) is 0 Å². The monoisotopic (exact) mass is 192 g/mol. The summed E-state index contributed by atoms with van der Waals surface area (Å²) in [6.07, 6.45) is 3.33. The summed E-state index contributed by atoms with van der Waals surface area (Å²) in [5.74, 6) is -0.287. The van der Waals surface area contributed by atoms with Crippen molar-refractivity contribution in [3.63, 3.8) is 0 Å². The van der Waals surface area contributed by atoms with E-state index in [0.29, 0.717) is 12.0 Å². The highest BCUT2D eigenvalue weighted by Gasteiger charge is 2.24. The van der Waals surface area contributed by atoms with Crippen LogP contribution < -0.4 is 5.32 Å². The van der Waals surface area contributed by atoms with E-state index in [1.165, 1.54) is 12.5 Å². The van der Waals surface area contributed by atoms with Gasteiger partial charge in [0.2, 0.25) is 0 Å². The summed E-state index contributed by atoms with van der Waals surface area (Å²) in [6.45, 7) is 3.53. The summed E-state index contributed by atoms with van der Waals surface area (Å²) in [5, 5.41) is 11.5. The fourth-order valence-corrected chi connectivity index (χ4v) is 0.912. The summed E-state index contributed by atoms with van der Waals surface area (Å²) in [5.41, 5.74) is -0.381. The van der Waals surface area contributed by atoms with Gasteiger partial charge in [-0.15, -0.1) is 0 Å². The number of nitrogens with one attached hydrogen (secondary N) is 1. The molecule has 0 aliphatic carbocycles. The van der Waals surface area contributed by atoms with Gasteiger partial charge < -0.3 is 9.73 Å². The smallest absolute Gasteiger partial charge is 0.255 e. The summed E-state index contributed by atoms with van der Waals surface area (Å²) >= 11 is 0. The molecule has 0 saturated heterocycles. The van der Waals surface area contributed by atoms with E-state index < -0.39 is 5.54 Å². The maximum absolute atomic E-state index is 11.5. The lowest BCUT2D eigenvalue weighted by Gasteiger charge is -2.20. The Balaban J connectivity index is 2.71. The minimum Gasteiger partial charge on any atom is -0.472 e. The van der Waals surface area contributed by atoms with Gasteiger partial charge in [-0.25, -0.2) is 0 Å². The van der Waals surface area contributed by atoms with Gasteiger partial charge in [0.25, 0.3) is 5.91 Å². The number of hydrogen-bond acceptors (Lipinski definition) is 3. The molecule has 1 N–H and O–H groups in total. The van der Waals surface area contributed by atoms with Crippen molar-refractivity contribution < 1.29 is 9.21 Å². The zero-order valence-corrected chi connectivity index (χ0v) is 8.20. The first-order valence-electron chi connectivity index (χ1n) is 4.37. The van der Waals surface area contributed by atoms with Gasteiger partial charge in [0.1, 0.15) is 11.8 Å². The number of hydrogen-bond donors (Lipinski definition) is 1.